The number of rotatable bonds is 4. The lowest BCUT2D eigenvalue weighted by Crippen LogP contribution is -2.41. The van der Waals surface area contributed by atoms with Crippen LogP contribution in [0.4, 0.5) is 13.2 Å². The van der Waals surface area contributed by atoms with Gasteiger partial charge in [-0.2, -0.15) is 18.3 Å². The number of hydrogen-bond acceptors (Lipinski definition) is 4. The molecular formula is C11H14F3N3O3. The van der Waals surface area contributed by atoms with Crippen molar-refractivity contribution < 1.29 is 27.5 Å². The number of esters is 1. The first-order valence-electron chi connectivity index (χ1n) is 5.70. The molecule has 1 aromatic rings. The molecule has 0 bridgehead atoms. The number of amides is 1. The Labute approximate surface area is 112 Å². The summed E-state index contributed by atoms with van der Waals surface area (Å²) in [6.45, 7) is 1.59. The van der Waals surface area contributed by atoms with Crippen LogP contribution in [0.15, 0.2) is 6.20 Å². The molecule has 1 atom stereocenters. The highest BCUT2D eigenvalue weighted by Crippen LogP contribution is 2.30. The fourth-order valence-corrected chi connectivity index (χ4v) is 1.57. The van der Waals surface area contributed by atoms with Gasteiger partial charge in [0.25, 0.3) is 5.91 Å². The molecule has 1 amide bonds. The van der Waals surface area contributed by atoms with Gasteiger partial charge in [-0.3, -0.25) is 9.48 Å². The Morgan fingerprint density at radius 2 is 2.10 bits per heavy atom. The van der Waals surface area contributed by atoms with E-state index in [0.29, 0.717) is 0 Å². The summed E-state index contributed by atoms with van der Waals surface area (Å²) in [5, 5.41) is 5.41. The van der Waals surface area contributed by atoms with Crippen LogP contribution in [-0.2, 0) is 22.8 Å². The predicted octanol–water partition coefficient (Wildman–Crippen LogP) is 1.12. The molecule has 20 heavy (non-hydrogen) atoms. The van der Waals surface area contributed by atoms with Gasteiger partial charge >= 0.3 is 12.1 Å². The largest absolute Gasteiger partial charge is 0.467 e. The Morgan fingerprint density at radius 1 is 1.50 bits per heavy atom. The van der Waals surface area contributed by atoms with Gasteiger partial charge in [0, 0.05) is 13.2 Å². The van der Waals surface area contributed by atoms with Gasteiger partial charge in [-0.15, -0.1) is 0 Å². The smallest absolute Gasteiger partial charge is 0.435 e. The number of aryl methyl sites for hydroxylation is 1. The number of nitrogens with one attached hydrogen (secondary N) is 1. The number of nitrogens with zero attached hydrogens (tertiary/aromatic N) is 2. The molecule has 0 saturated heterocycles. The first kappa shape index (κ1) is 16.0. The number of carbonyl (C=O) groups excluding carboxylic acids is 2. The number of aromatic nitrogens is 2. The Hall–Kier alpha value is -2.06. The molecule has 0 fully saturated rings. The Balaban J connectivity index is 3.01. The van der Waals surface area contributed by atoms with Gasteiger partial charge in [-0.05, 0) is 6.42 Å². The van der Waals surface area contributed by atoms with Crippen molar-refractivity contribution in [3.8, 4) is 0 Å². The van der Waals surface area contributed by atoms with Crippen LogP contribution in [0.3, 0.4) is 0 Å². The summed E-state index contributed by atoms with van der Waals surface area (Å²) in [6.07, 6.45) is -3.61. The number of carbonyl (C=O) groups is 2. The number of ether oxygens (including phenoxy) is 1. The number of methoxy groups -OCH3 is 1. The lowest BCUT2D eigenvalue weighted by atomic mass is 10.2. The van der Waals surface area contributed by atoms with Crippen molar-refractivity contribution in [2.45, 2.75) is 25.6 Å². The van der Waals surface area contributed by atoms with E-state index in [2.05, 4.69) is 15.2 Å². The third-order valence-electron chi connectivity index (χ3n) is 2.54. The SMILES string of the molecule is CCC(NC(=O)c1cn(C)nc1C(F)(F)F)C(=O)OC. The second kappa shape index (κ2) is 5.93. The minimum Gasteiger partial charge on any atom is -0.467 e. The maximum atomic E-state index is 12.7. The lowest BCUT2D eigenvalue weighted by molar-refractivity contribution is -0.143. The molecule has 0 saturated carbocycles. The highest BCUT2D eigenvalue weighted by molar-refractivity contribution is 5.97. The summed E-state index contributed by atoms with van der Waals surface area (Å²) in [6, 6.07) is -1.01. The number of alkyl halides is 3. The van der Waals surface area contributed by atoms with Crippen molar-refractivity contribution >= 4 is 11.9 Å². The summed E-state index contributed by atoms with van der Waals surface area (Å²) >= 11 is 0. The van der Waals surface area contributed by atoms with Crippen molar-refractivity contribution in [1.29, 1.82) is 0 Å². The molecule has 0 aromatic carbocycles. The van der Waals surface area contributed by atoms with E-state index in [-0.39, 0.29) is 6.42 Å². The van der Waals surface area contributed by atoms with Crippen molar-refractivity contribution in [3.63, 3.8) is 0 Å². The first-order chi connectivity index (χ1) is 9.20. The van der Waals surface area contributed by atoms with E-state index < -0.39 is 35.4 Å². The second-order valence-electron chi connectivity index (χ2n) is 4.02. The third kappa shape index (κ3) is 3.49. The maximum absolute atomic E-state index is 12.7. The summed E-state index contributed by atoms with van der Waals surface area (Å²) < 4.78 is 43.5. The monoisotopic (exact) mass is 293 g/mol. The average molecular weight is 293 g/mol. The number of halogens is 3. The van der Waals surface area contributed by atoms with Gasteiger partial charge in [0.15, 0.2) is 5.69 Å². The minimum atomic E-state index is -4.75. The van der Waals surface area contributed by atoms with Crippen LogP contribution in [0.2, 0.25) is 0 Å². The molecule has 1 heterocycles. The lowest BCUT2D eigenvalue weighted by Gasteiger charge is -2.14. The van der Waals surface area contributed by atoms with E-state index in [0.717, 1.165) is 18.0 Å². The number of hydrogen-bond donors (Lipinski definition) is 1. The molecule has 1 unspecified atom stereocenters. The van der Waals surface area contributed by atoms with Gasteiger partial charge in [0.2, 0.25) is 0 Å². The highest BCUT2D eigenvalue weighted by Gasteiger charge is 2.39. The van der Waals surface area contributed by atoms with Gasteiger partial charge in [0.05, 0.1) is 12.7 Å². The van der Waals surface area contributed by atoms with Gasteiger partial charge in [0.1, 0.15) is 6.04 Å². The molecule has 1 aromatic heterocycles. The molecule has 0 radical (unpaired) electrons. The van der Waals surface area contributed by atoms with Crippen LogP contribution in [0.5, 0.6) is 0 Å². The fourth-order valence-electron chi connectivity index (χ4n) is 1.57. The normalized spacial score (nSPS) is 12.9. The molecule has 0 aliphatic rings. The summed E-state index contributed by atoms with van der Waals surface area (Å²) in [5.74, 6) is -1.75. The van der Waals surface area contributed by atoms with Crippen molar-refractivity contribution in [1.82, 2.24) is 15.1 Å². The topological polar surface area (TPSA) is 73.2 Å². The zero-order valence-electron chi connectivity index (χ0n) is 11.1. The summed E-state index contributed by atoms with van der Waals surface area (Å²) in [4.78, 5) is 23.2. The van der Waals surface area contributed by atoms with Crippen molar-refractivity contribution in [3.05, 3.63) is 17.5 Å². The molecule has 1 rings (SSSR count). The van der Waals surface area contributed by atoms with Crippen LogP contribution in [0.1, 0.15) is 29.4 Å². The highest BCUT2D eigenvalue weighted by atomic mass is 19.4. The van der Waals surface area contributed by atoms with Crippen LogP contribution >= 0.6 is 0 Å². The Morgan fingerprint density at radius 3 is 2.55 bits per heavy atom. The van der Waals surface area contributed by atoms with Crippen molar-refractivity contribution in [2.24, 2.45) is 7.05 Å². The van der Waals surface area contributed by atoms with Crippen LogP contribution < -0.4 is 5.32 Å². The summed E-state index contributed by atoms with van der Waals surface area (Å²) in [7, 11) is 2.39. The van der Waals surface area contributed by atoms with E-state index in [1.54, 1.807) is 6.92 Å². The molecule has 0 aliphatic heterocycles. The van der Waals surface area contributed by atoms with E-state index in [1.807, 2.05) is 0 Å². The Kier molecular flexibility index (Phi) is 4.74. The first-order valence-corrected chi connectivity index (χ1v) is 5.70. The molecule has 6 nitrogen and oxygen atoms in total. The van der Waals surface area contributed by atoms with E-state index >= 15 is 0 Å². The zero-order valence-corrected chi connectivity index (χ0v) is 11.1. The molecule has 0 aliphatic carbocycles. The van der Waals surface area contributed by atoms with Gasteiger partial charge in [-0.25, -0.2) is 4.79 Å². The van der Waals surface area contributed by atoms with Crippen LogP contribution in [0, 0.1) is 0 Å². The average Bonchev–Trinajstić information content (AvgIpc) is 2.77. The van der Waals surface area contributed by atoms with Crippen molar-refractivity contribution in [2.75, 3.05) is 7.11 Å². The van der Waals surface area contributed by atoms with Gasteiger partial charge < -0.3 is 10.1 Å². The quantitative estimate of drug-likeness (QED) is 0.844. The Bertz CT molecular complexity index is 511. The van der Waals surface area contributed by atoms with E-state index in [9.17, 15) is 22.8 Å². The maximum Gasteiger partial charge on any atom is 0.435 e. The van der Waals surface area contributed by atoms with E-state index in [4.69, 9.17) is 0 Å². The zero-order chi connectivity index (χ0) is 15.5. The molecule has 112 valence electrons. The van der Waals surface area contributed by atoms with Crippen LogP contribution in [-0.4, -0.2) is 34.8 Å². The molecular weight excluding hydrogens is 279 g/mol. The standard InChI is InChI=1S/C11H14F3N3O3/c1-4-7(10(19)20-3)15-9(18)6-5-17(2)16-8(6)11(12,13)14/h5,7H,4H2,1-3H3,(H,15,18). The fraction of sp³-hybridized carbons (Fsp3) is 0.545. The van der Waals surface area contributed by atoms with E-state index in [1.165, 1.54) is 7.05 Å². The molecule has 0 spiro atoms. The minimum absolute atomic E-state index is 0.194. The van der Waals surface area contributed by atoms with Crippen LogP contribution in [0.25, 0.3) is 0 Å². The summed E-state index contributed by atoms with van der Waals surface area (Å²) in [5.41, 5.74) is -1.93. The molecule has 9 heteroatoms. The second-order valence-corrected chi connectivity index (χ2v) is 4.02. The predicted molar refractivity (Wildman–Crippen MR) is 61.8 cm³/mol. The third-order valence-corrected chi connectivity index (χ3v) is 2.54. The molecule has 1 N–H and O–H groups in total. The van der Waals surface area contributed by atoms with Gasteiger partial charge in [-0.1, -0.05) is 6.92 Å².